The van der Waals surface area contributed by atoms with Crippen molar-refractivity contribution in [1.82, 2.24) is 29.1 Å². The molecule has 3 aromatic carbocycles. The minimum absolute atomic E-state index is 0.0987. The first-order valence-electron chi connectivity index (χ1n) is 19.9. The maximum Gasteiger partial charge on any atom is 0.311 e. The smallest absolute Gasteiger partial charge is 0.311 e. The van der Waals surface area contributed by atoms with Crippen LogP contribution in [0.5, 0.6) is 0 Å². The van der Waals surface area contributed by atoms with Gasteiger partial charge in [0.1, 0.15) is 27.7 Å². The number of rotatable bonds is 11. The number of benzene rings is 3. The molecule has 2 bridgehead atoms. The summed E-state index contributed by atoms with van der Waals surface area (Å²) < 4.78 is 10.1. The van der Waals surface area contributed by atoms with Crippen LogP contribution in [0.3, 0.4) is 0 Å². The van der Waals surface area contributed by atoms with Gasteiger partial charge >= 0.3 is 5.97 Å². The molecular weight excluding hydrogens is 718 g/mol. The van der Waals surface area contributed by atoms with Gasteiger partial charge in [0, 0.05) is 25.0 Å². The van der Waals surface area contributed by atoms with Crippen molar-refractivity contribution in [1.29, 1.82) is 0 Å². The van der Waals surface area contributed by atoms with Crippen molar-refractivity contribution in [3.8, 4) is 11.4 Å². The Morgan fingerprint density at radius 3 is 2.04 bits per heavy atom. The second-order valence-corrected chi connectivity index (χ2v) is 16.1. The van der Waals surface area contributed by atoms with Crippen molar-refractivity contribution in [2.45, 2.75) is 64.6 Å². The van der Waals surface area contributed by atoms with E-state index in [4.69, 9.17) is 36.3 Å². The molecular formula is C46H46ClN7O2. The van der Waals surface area contributed by atoms with E-state index in [1.54, 1.807) is 6.20 Å². The number of carbonyl (C=O) groups excluding carboxylic acids is 1. The van der Waals surface area contributed by atoms with Crippen molar-refractivity contribution >= 4 is 45.6 Å². The Balaban J connectivity index is 1.30. The van der Waals surface area contributed by atoms with Gasteiger partial charge in [-0.2, -0.15) is 0 Å². The van der Waals surface area contributed by atoms with Gasteiger partial charge in [0.2, 0.25) is 0 Å². The van der Waals surface area contributed by atoms with E-state index in [1.807, 2.05) is 25.1 Å². The Labute approximate surface area is 332 Å². The van der Waals surface area contributed by atoms with Gasteiger partial charge in [0.15, 0.2) is 11.5 Å². The second kappa shape index (κ2) is 14.8. The van der Waals surface area contributed by atoms with E-state index in [0.717, 1.165) is 60.0 Å². The van der Waals surface area contributed by atoms with Crippen LogP contribution < -0.4 is 5.32 Å². The molecule has 3 saturated carbocycles. The molecule has 4 aromatic heterocycles. The number of ether oxygens (including phenoxy) is 1. The lowest BCUT2D eigenvalue weighted by Crippen LogP contribution is -2.52. The zero-order chi connectivity index (χ0) is 38.4. The normalized spacial score (nSPS) is 19.5. The maximum absolute atomic E-state index is 13.6. The molecule has 1 N–H and O–H groups in total. The number of esters is 1. The molecule has 0 aliphatic heterocycles. The quantitative estimate of drug-likeness (QED) is 0.103. The van der Waals surface area contributed by atoms with Crippen LogP contribution in [-0.4, -0.2) is 47.7 Å². The monoisotopic (exact) mass is 763 g/mol. The van der Waals surface area contributed by atoms with Gasteiger partial charge in [-0.05, 0) is 73.1 Å². The van der Waals surface area contributed by atoms with Gasteiger partial charge in [-0.1, -0.05) is 116 Å². The molecule has 10 heteroatoms. The number of anilines is 1. The summed E-state index contributed by atoms with van der Waals surface area (Å²) in [5.74, 6) is 1.87. The highest BCUT2D eigenvalue weighted by atomic mass is 35.5. The molecule has 284 valence electrons. The highest BCUT2D eigenvalue weighted by molar-refractivity contribution is 6.29. The van der Waals surface area contributed by atoms with E-state index in [1.165, 1.54) is 0 Å². The topological polar surface area (TPSA) is 99.8 Å². The number of carbonyl (C=O) groups is 1. The van der Waals surface area contributed by atoms with Crippen molar-refractivity contribution in [2.75, 3.05) is 11.9 Å². The summed E-state index contributed by atoms with van der Waals surface area (Å²) in [6.07, 6.45) is 10.0. The SMILES string of the molecule is CCOC(=O)[C@@H]1C2CCC(CC2)[C@H]1Nc1nc(-c2cn(C(c3ccccc3)(c3ccccc3)c3ccccc3)c3ncc(Cl)nc23)nc2c1ccn2CC(C)C. The van der Waals surface area contributed by atoms with Gasteiger partial charge in [-0.15, -0.1) is 0 Å². The number of aromatic nitrogens is 6. The zero-order valence-corrected chi connectivity index (χ0v) is 32.7. The molecule has 0 spiro atoms. The van der Waals surface area contributed by atoms with E-state index >= 15 is 0 Å². The van der Waals surface area contributed by atoms with Crippen LogP contribution in [0.25, 0.3) is 33.6 Å². The third-order valence-corrected chi connectivity index (χ3v) is 12.1. The lowest BCUT2D eigenvalue weighted by Gasteiger charge is -2.47. The first-order valence-corrected chi connectivity index (χ1v) is 20.3. The highest BCUT2D eigenvalue weighted by Gasteiger charge is 2.48. The predicted octanol–water partition coefficient (Wildman–Crippen LogP) is 9.77. The molecule has 3 aliphatic carbocycles. The summed E-state index contributed by atoms with van der Waals surface area (Å²) >= 11 is 6.70. The fourth-order valence-electron chi connectivity index (χ4n) is 9.57. The number of hydrogen-bond acceptors (Lipinski definition) is 7. The lowest BCUT2D eigenvalue weighted by molar-refractivity contribution is -0.154. The predicted molar refractivity (Wildman–Crippen MR) is 221 cm³/mol. The van der Waals surface area contributed by atoms with Crippen LogP contribution in [0, 0.1) is 23.7 Å². The third kappa shape index (κ3) is 6.13. The fraction of sp³-hybridized carbons (Fsp3) is 0.326. The number of hydrogen-bond donors (Lipinski definition) is 1. The van der Waals surface area contributed by atoms with Crippen LogP contribution in [0.2, 0.25) is 5.15 Å². The average molecular weight is 764 g/mol. The third-order valence-electron chi connectivity index (χ3n) is 11.9. The Bertz CT molecular complexity index is 2390. The van der Waals surface area contributed by atoms with Crippen molar-refractivity contribution in [3.05, 3.63) is 137 Å². The van der Waals surface area contributed by atoms with E-state index in [0.29, 0.717) is 46.8 Å². The molecule has 0 saturated heterocycles. The van der Waals surface area contributed by atoms with Gasteiger partial charge in [-0.3, -0.25) is 4.79 Å². The molecule has 2 atom stereocenters. The summed E-state index contributed by atoms with van der Waals surface area (Å²) in [5.41, 5.74) is 5.06. The summed E-state index contributed by atoms with van der Waals surface area (Å²) in [5, 5.41) is 5.05. The molecule has 0 radical (unpaired) electrons. The summed E-state index contributed by atoms with van der Waals surface area (Å²) in [7, 11) is 0. The van der Waals surface area contributed by atoms with Crippen LogP contribution in [0.1, 0.15) is 63.1 Å². The molecule has 10 rings (SSSR count). The van der Waals surface area contributed by atoms with E-state index in [9.17, 15) is 4.79 Å². The Morgan fingerprint density at radius 2 is 1.45 bits per heavy atom. The average Bonchev–Trinajstić information content (AvgIpc) is 3.81. The molecule has 4 heterocycles. The van der Waals surface area contributed by atoms with Gasteiger partial charge < -0.3 is 19.2 Å². The van der Waals surface area contributed by atoms with E-state index in [-0.39, 0.29) is 29.0 Å². The van der Waals surface area contributed by atoms with Crippen LogP contribution in [-0.2, 0) is 21.6 Å². The molecule has 0 unspecified atom stereocenters. The number of halogens is 1. The second-order valence-electron chi connectivity index (χ2n) is 15.7. The number of nitrogens with one attached hydrogen (secondary N) is 1. The summed E-state index contributed by atoms with van der Waals surface area (Å²) in [4.78, 5) is 34.2. The molecule has 9 nitrogen and oxygen atoms in total. The van der Waals surface area contributed by atoms with Crippen LogP contribution >= 0.6 is 11.6 Å². The van der Waals surface area contributed by atoms with E-state index in [2.05, 4.69) is 120 Å². The largest absolute Gasteiger partial charge is 0.466 e. The molecule has 56 heavy (non-hydrogen) atoms. The van der Waals surface area contributed by atoms with E-state index < -0.39 is 5.54 Å². The molecule has 7 aromatic rings. The summed E-state index contributed by atoms with van der Waals surface area (Å²) in [6.45, 7) is 7.44. The number of fused-ring (bicyclic) bond motifs is 5. The van der Waals surface area contributed by atoms with Gasteiger partial charge in [-0.25, -0.2) is 19.9 Å². The maximum atomic E-state index is 13.6. The Morgan fingerprint density at radius 1 is 0.839 bits per heavy atom. The first-order chi connectivity index (χ1) is 27.4. The first kappa shape index (κ1) is 36.1. The van der Waals surface area contributed by atoms with Crippen LogP contribution in [0.4, 0.5) is 5.82 Å². The van der Waals surface area contributed by atoms with Gasteiger partial charge in [0.25, 0.3) is 0 Å². The van der Waals surface area contributed by atoms with Crippen molar-refractivity contribution < 1.29 is 9.53 Å². The zero-order valence-electron chi connectivity index (χ0n) is 32.0. The van der Waals surface area contributed by atoms with Crippen LogP contribution in [0.15, 0.2) is 116 Å². The van der Waals surface area contributed by atoms with Gasteiger partial charge in [0.05, 0.1) is 29.7 Å². The molecule has 3 aliphatic rings. The van der Waals surface area contributed by atoms with Crippen molar-refractivity contribution in [2.24, 2.45) is 23.7 Å². The van der Waals surface area contributed by atoms with Crippen molar-refractivity contribution in [3.63, 3.8) is 0 Å². The number of nitrogens with zero attached hydrogens (tertiary/aromatic N) is 6. The fourth-order valence-corrected chi connectivity index (χ4v) is 9.71. The lowest BCUT2D eigenvalue weighted by atomic mass is 9.61. The minimum Gasteiger partial charge on any atom is -0.466 e. The minimum atomic E-state index is -0.861. The molecule has 0 amide bonds. The Hall–Kier alpha value is -5.54. The standard InChI is InChI=1S/C46H46ClN7O2/c1-4-56-45(55)38-30-20-22-31(23-21-30)39(38)50-41-35-24-25-53(27-29(2)3)43(35)52-42(51-41)36-28-54(44-40(36)49-37(47)26-48-44)46(32-14-8-5-9-15-32,33-16-10-6-11-17-33)34-18-12-7-13-19-34/h5-19,24-26,28-31,38-39H,4,20-23,27H2,1-3H3,(H,50,51,52)/t30?,31?,38-,39-/m1/s1. The highest BCUT2D eigenvalue weighted by Crippen LogP contribution is 2.48. The molecule has 3 fully saturated rings. The summed E-state index contributed by atoms with van der Waals surface area (Å²) in [6, 6.07) is 33.5. The Kier molecular flexibility index (Phi) is 9.57.